The standard InChI is InChI=1S/C14H15Cl2N3O2/c1-7-17-13(21-18-7)6-19(2)14-10-3-8(15)4-11(16)9(10)5-12(14)20/h3-4,12,14,20H,5-6H2,1-2H3/t12-,14-/m1/s1. The summed E-state index contributed by atoms with van der Waals surface area (Å²) in [6.45, 7) is 2.22. The average Bonchev–Trinajstić information content (AvgIpc) is 2.92. The molecule has 0 radical (unpaired) electrons. The lowest BCUT2D eigenvalue weighted by molar-refractivity contribution is 0.0667. The summed E-state index contributed by atoms with van der Waals surface area (Å²) in [7, 11) is 1.90. The molecule has 0 saturated heterocycles. The fourth-order valence-corrected chi connectivity index (χ4v) is 3.46. The van der Waals surface area contributed by atoms with E-state index >= 15 is 0 Å². The molecule has 0 amide bonds. The summed E-state index contributed by atoms with van der Waals surface area (Å²) in [5, 5.41) is 15.3. The summed E-state index contributed by atoms with van der Waals surface area (Å²) in [5.41, 5.74) is 1.91. The molecule has 0 unspecified atom stereocenters. The van der Waals surface area contributed by atoms with Gasteiger partial charge in [0.15, 0.2) is 5.82 Å². The Morgan fingerprint density at radius 3 is 2.86 bits per heavy atom. The number of likely N-dealkylation sites (N-methyl/N-ethyl adjacent to an activating group) is 1. The smallest absolute Gasteiger partial charge is 0.240 e. The molecule has 1 aliphatic carbocycles. The highest BCUT2D eigenvalue weighted by Gasteiger charge is 2.36. The van der Waals surface area contributed by atoms with Crippen molar-refractivity contribution >= 4 is 23.2 Å². The van der Waals surface area contributed by atoms with E-state index in [1.807, 2.05) is 18.0 Å². The molecule has 21 heavy (non-hydrogen) atoms. The number of aliphatic hydroxyl groups is 1. The van der Waals surface area contributed by atoms with Crippen molar-refractivity contribution in [1.82, 2.24) is 15.0 Å². The van der Waals surface area contributed by atoms with Gasteiger partial charge in [0.1, 0.15) is 0 Å². The molecule has 1 aromatic heterocycles. The molecule has 5 nitrogen and oxygen atoms in total. The Morgan fingerprint density at radius 1 is 1.43 bits per heavy atom. The summed E-state index contributed by atoms with van der Waals surface area (Å²) in [5.74, 6) is 1.11. The second-order valence-electron chi connectivity index (χ2n) is 5.32. The first-order valence-corrected chi connectivity index (χ1v) is 7.36. The van der Waals surface area contributed by atoms with Crippen molar-refractivity contribution in [3.63, 3.8) is 0 Å². The third kappa shape index (κ3) is 2.79. The van der Waals surface area contributed by atoms with Gasteiger partial charge in [0.05, 0.1) is 18.7 Å². The number of hydrogen-bond donors (Lipinski definition) is 1. The number of hydrogen-bond acceptors (Lipinski definition) is 5. The Hall–Kier alpha value is -1.14. The molecule has 0 bridgehead atoms. The van der Waals surface area contributed by atoms with Gasteiger partial charge in [-0.25, -0.2) is 0 Å². The van der Waals surface area contributed by atoms with Gasteiger partial charge >= 0.3 is 0 Å². The number of halogens is 2. The Kier molecular flexibility index (Phi) is 3.92. The van der Waals surface area contributed by atoms with E-state index in [0.29, 0.717) is 34.7 Å². The molecule has 0 saturated carbocycles. The van der Waals surface area contributed by atoms with Crippen molar-refractivity contribution in [2.45, 2.75) is 32.0 Å². The Bertz CT molecular complexity index is 674. The highest BCUT2D eigenvalue weighted by molar-refractivity contribution is 6.35. The van der Waals surface area contributed by atoms with Gasteiger partial charge in [-0.2, -0.15) is 4.98 Å². The highest BCUT2D eigenvalue weighted by atomic mass is 35.5. The van der Waals surface area contributed by atoms with Gasteiger partial charge in [-0.1, -0.05) is 28.4 Å². The van der Waals surface area contributed by atoms with Crippen molar-refractivity contribution < 1.29 is 9.63 Å². The lowest BCUT2D eigenvalue weighted by atomic mass is 10.1. The van der Waals surface area contributed by atoms with Gasteiger partial charge in [-0.05, 0) is 37.2 Å². The van der Waals surface area contributed by atoms with E-state index in [-0.39, 0.29) is 6.04 Å². The van der Waals surface area contributed by atoms with Crippen LogP contribution in [0.5, 0.6) is 0 Å². The van der Waals surface area contributed by atoms with Crippen LogP contribution in [0.25, 0.3) is 0 Å². The summed E-state index contributed by atoms with van der Waals surface area (Å²) >= 11 is 12.3. The molecule has 1 aromatic carbocycles. The number of nitrogens with zero attached hydrogens (tertiary/aromatic N) is 3. The SMILES string of the molecule is Cc1noc(CN(C)[C@@H]2c3cc(Cl)cc(Cl)c3C[C@H]2O)n1. The monoisotopic (exact) mass is 327 g/mol. The lowest BCUT2D eigenvalue weighted by Crippen LogP contribution is -2.30. The molecule has 1 aliphatic rings. The maximum Gasteiger partial charge on any atom is 0.240 e. The van der Waals surface area contributed by atoms with Crippen molar-refractivity contribution in [3.8, 4) is 0 Å². The molecule has 112 valence electrons. The van der Waals surface area contributed by atoms with Crippen molar-refractivity contribution in [3.05, 3.63) is 45.0 Å². The van der Waals surface area contributed by atoms with Crippen LogP contribution in [0.1, 0.15) is 28.9 Å². The highest BCUT2D eigenvalue weighted by Crippen LogP contribution is 2.41. The van der Waals surface area contributed by atoms with Gasteiger partial charge in [-0.3, -0.25) is 4.90 Å². The zero-order valence-electron chi connectivity index (χ0n) is 11.7. The van der Waals surface area contributed by atoms with E-state index in [9.17, 15) is 5.11 Å². The van der Waals surface area contributed by atoms with E-state index in [2.05, 4.69) is 10.1 Å². The van der Waals surface area contributed by atoms with Crippen LogP contribution in [0.2, 0.25) is 10.0 Å². The summed E-state index contributed by atoms with van der Waals surface area (Å²) in [6.07, 6.45) is -0.0200. The Morgan fingerprint density at radius 2 is 2.19 bits per heavy atom. The number of benzene rings is 1. The maximum absolute atomic E-state index is 10.4. The summed E-state index contributed by atoms with van der Waals surface area (Å²) in [6, 6.07) is 3.38. The third-order valence-electron chi connectivity index (χ3n) is 3.72. The largest absolute Gasteiger partial charge is 0.391 e. The molecule has 0 spiro atoms. The predicted molar refractivity (Wildman–Crippen MR) is 79.4 cm³/mol. The van der Waals surface area contributed by atoms with Crippen LogP contribution in [0.15, 0.2) is 16.7 Å². The number of rotatable bonds is 3. The molecule has 0 fully saturated rings. The van der Waals surface area contributed by atoms with Crippen LogP contribution < -0.4 is 0 Å². The molecule has 7 heteroatoms. The van der Waals surface area contributed by atoms with Crippen LogP contribution in [0.4, 0.5) is 0 Å². The molecule has 1 heterocycles. The number of aryl methyl sites for hydroxylation is 1. The molecule has 0 aliphatic heterocycles. The van der Waals surface area contributed by atoms with Gasteiger partial charge in [0.2, 0.25) is 5.89 Å². The van der Waals surface area contributed by atoms with Crippen LogP contribution >= 0.6 is 23.2 Å². The summed E-state index contributed by atoms with van der Waals surface area (Å²) in [4.78, 5) is 6.15. The molecular weight excluding hydrogens is 313 g/mol. The van der Waals surface area contributed by atoms with E-state index in [4.69, 9.17) is 27.7 Å². The normalized spacial score (nSPS) is 21.0. The van der Waals surface area contributed by atoms with Crippen molar-refractivity contribution in [1.29, 1.82) is 0 Å². The van der Waals surface area contributed by atoms with Crippen LogP contribution in [-0.2, 0) is 13.0 Å². The average molecular weight is 328 g/mol. The fraction of sp³-hybridized carbons (Fsp3) is 0.429. The van der Waals surface area contributed by atoms with E-state index in [1.165, 1.54) is 0 Å². The van der Waals surface area contributed by atoms with Gasteiger partial charge in [-0.15, -0.1) is 0 Å². The minimum Gasteiger partial charge on any atom is -0.391 e. The lowest BCUT2D eigenvalue weighted by Gasteiger charge is -2.26. The topological polar surface area (TPSA) is 62.4 Å². The first kappa shape index (κ1) is 14.8. The van der Waals surface area contributed by atoms with E-state index < -0.39 is 6.10 Å². The molecule has 3 rings (SSSR count). The Balaban J connectivity index is 1.89. The van der Waals surface area contributed by atoms with Gasteiger partial charge < -0.3 is 9.63 Å². The second kappa shape index (κ2) is 5.57. The Labute approximate surface area is 132 Å². The minimum atomic E-state index is -0.537. The van der Waals surface area contributed by atoms with Crippen LogP contribution in [0.3, 0.4) is 0 Å². The van der Waals surface area contributed by atoms with E-state index in [0.717, 1.165) is 11.1 Å². The zero-order chi connectivity index (χ0) is 15.1. The van der Waals surface area contributed by atoms with Gasteiger partial charge in [0, 0.05) is 16.5 Å². The molecule has 2 aromatic rings. The maximum atomic E-state index is 10.4. The number of fused-ring (bicyclic) bond motifs is 1. The fourth-order valence-electron chi connectivity index (χ4n) is 2.88. The first-order chi connectivity index (χ1) is 9.95. The van der Waals surface area contributed by atoms with Crippen molar-refractivity contribution in [2.24, 2.45) is 0 Å². The third-order valence-corrected chi connectivity index (χ3v) is 4.28. The molecular formula is C14H15Cl2N3O2. The first-order valence-electron chi connectivity index (χ1n) is 6.61. The predicted octanol–water partition coefficient (Wildman–Crippen LogP) is 2.77. The molecule has 2 atom stereocenters. The van der Waals surface area contributed by atoms with Gasteiger partial charge in [0.25, 0.3) is 0 Å². The quantitative estimate of drug-likeness (QED) is 0.939. The van der Waals surface area contributed by atoms with Crippen LogP contribution in [0, 0.1) is 6.92 Å². The molecule has 1 N–H and O–H groups in total. The minimum absolute atomic E-state index is 0.191. The number of aliphatic hydroxyl groups excluding tert-OH is 1. The van der Waals surface area contributed by atoms with Crippen molar-refractivity contribution in [2.75, 3.05) is 7.05 Å². The van der Waals surface area contributed by atoms with Crippen LogP contribution in [-0.4, -0.2) is 33.3 Å². The summed E-state index contributed by atoms with van der Waals surface area (Å²) < 4.78 is 5.13. The zero-order valence-corrected chi connectivity index (χ0v) is 13.2. The van der Waals surface area contributed by atoms with E-state index in [1.54, 1.807) is 13.0 Å². The second-order valence-corrected chi connectivity index (χ2v) is 6.17. The number of aromatic nitrogens is 2.